The first kappa shape index (κ1) is 17.7. The van der Waals surface area contributed by atoms with Gasteiger partial charge in [0.25, 0.3) is 5.91 Å². The minimum Gasteiger partial charge on any atom is -0.451 e. The Morgan fingerprint density at radius 3 is 2.58 bits per heavy atom. The maximum atomic E-state index is 11.9. The SMILES string of the molecule is CCc1ccc([C@@H](C)NC(=O)COC(=O)C2=NNC(=O)CC2)cc1. The predicted molar refractivity (Wildman–Crippen MR) is 88.1 cm³/mol. The van der Waals surface area contributed by atoms with E-state index >= 15 is 0 Å². The molecule has 7 nitrogen and oxygen atoms in total. The summed E-state index contributed by atoms with van der Waals surface area (Å²) in [4.78, 5) is 34.6. The van der Waals surface area contributed by atoms with Gasteiger partial charge in [-0.3, -0.25) is 9.59 Å². The quantitative estimate of drug-likeness (QED) is 0.766. The van der Waals surface area contributed by atoms with E-state index in [0.29, 0.717) is 0 Å². The second-order valence-electron chi connectivity index (χ2n) is 5.55. The lowest BCUT2D eigenvalue weighted by molar-refractivity contribution is -0.142. The van der Waals surface area contributed by atoms with Gasteiger partial charge >= 0.3 is 5.97 Å². The van der Waals surface area contributed by atoms with Crippen LogP contribution in [0, 0.1) is 0 Å². The van der Waals surface area contributed by atoms with Crippen LogP contribution in [-0.2, 0) is 25.5 Å². The molecule has 0 aliphatic carbocycles. The molecule has 24 heavy (non-hydrogen) atoms. The van der Waals surface area contributed by atoms with Crippen molar-refractivity contribution in [3.63, 3.8) is 0 Å². The van der Waals surface area contributed by atoms with E-state index < -0.39 is 11.9 Å². The van der Waals surface area contributed by atoms with E-state index in [1.165, 1.54) is 5.56 Å². The van der Waals surface area contributed by atoms with Crippen LogP contribution < -0.4 is 10.7 Å². The number of benzene rings is 1. The molecule has 1 aromatic rings. The molecule has 0 spiro atoms. The zero-order chi connectivity index (χ0) is 17.5. The molecular weight excluding hydrogens is 310 g/mol. The van der Waals surface area contributed by atoms with E-state index in [0.717, 1.165) is 12.0 Å². The average Bonchev–Trinajstić information content (AvgIpc) is 2.60. The Bertz CT molecular complexity index is 652. The van der Waals surface area contributed by atoms with Gasteiger partial charge in [0.05, 0.1) is 6.04 Å². The monoisotopic (exact) mass is 331 g/mol. The van der Waals surface area contributed by atoms with Gasteiger partial charge in [-0.1, -0.05) is 31.2 Å². The lowest BCUT2D eigenvalue weighted by atomic mass is 10.1. The normalized spacial score (nSPS) is 15.1. The summed E-state index contributed by atoms with van der Waals surface area (Å²) in [5, 5.41) is 6.40. The Hall–Kier alpha value is -2.70. The van der Waals surface area contributed by atoms with Crippen LogP contribution in [0.15, 0.2) is 29.4 Å². The fraction of sp³-hybridized carbons (Fsp3) is 0.412. The van der Waals surface area contributed by atoms with E-state index in [1.54, 1.807) is 0 Å². The van der Waals surface area contributed by atoms with Crippen molar-refractivity contribution in [3.8, 4) is 0 Å². The van der Waals surface area contributed by atoms with E-state index in [2.05, 4.69) is 22.8 Å². The van der Waals surface area contributed by atoms with Crippen LogP contribution in [0.3, 0.4) is 0 Å². The Morgan fingerprint density at radius 2 is 2.00 bits per heavy atom. The van der Waals surface area contributed by atoms with Crippen molar-refractivity contribution >= 4 is 23.5 Å². The molecule has 0 saturated carbocycles. The maximum absolute atomic E-state index is 11.9. The van der Waals surface area contributed by atoms with E-state index in [1.807, 2.05) is 31.2 Å². The summed E-state index contributed by atoms with van der Waals surface area (Å²) in [5.74, 6) is -1.33. The lowest BCUT2D eigenvalue weighted by Gasteiger charge is -2.15. The molecule has 0 radical (unpaired) electrons. The van der Waals surface area contributed by atoms with Crippen LogP contribution in [0.5, 0.6) is 0 Å². The number of nitrogens with one attached hydrogen (secondary N) is 2. The number of carbonyl (C=O) groups excluding carboxylic acids is 3. The summed E-state index contributed by atoms with van der Waals surface area (Å²) in [6, 6.07) is 7.79. The van der Waals surface area contributed by atoms with Crippen molar-refractivity contribution in [2.24, 2.45) is 5.10 Å². The summed E-state index contributed by atoms with van der Waals surface area (Å²) >= 11 is 0. The van der Waals surface area contributed by atoms with Crippen LogP contribution in [0.4, 0.5) is 0 Å². The molecule has 0 saturated heterocycles. The zero-order valence-electron chi connectivity index (χ0n) is 13.8. The van der Waals surface area contributed by atoms with Gasteiger partial charge in [0, 0.05) is 12.8 Å². The average molecular weight is 331 g/mol. The second-order valence-corrected chi connectivity index (χ2v) is 5.55. The minimum atomic E-state index is -0.690. The highest BCUT2D eigenvalue weighted by atomic mass is 16.5. The van der Waals surface area contributed by atoms with Gasteiger partial charge in [-0.15, -0.1) is 0 Å². The highest BCUT2D eigenvalue weighted by Gasteiger charge is 2.20. The summed E-state index contributed by atoms with van der Waals surface area (Å²) in [7, 11) is 0. The standard InChI is InChI=1S/C17H21N3O4/c1-3-12-4-6-13(7-5-12)11(2)18-16(22)10-24-17(23)14-8-9-15(21)20-19-14/h4-7,11H,3,8-10H2,1-2H3,(H,18,22)(H,20,21)/t11-/m1/s1. The second kappa shape index (κ2) is 8.24. The molecule has 7 heteroatoms. The van der Waals surface area contributed by atoms with Crippen molar-refractivity contribution in [1.82, 2.24) is 10.7 Å². The van der Waals surface area contributed by atoms with Gasteiger partial charge in [-0.05, 0) is 24.5 Å². The molecule has 0 aromatic heterocycles. The molecule has 1 aliphatic rings. The molecule has 0 bridgehead atoms. The van der Waals surface area contributed by atoms with Gasteiger partial charge in [0.15, 0.2) is 6.61 Å². The molecular formula is C17H21N3O4. The molecule has 1 aliphatic heterocycles. The van der Waals surface area contributed by atoms with Crippen LogP contribution >= 0.6 is 0 Å². The van der Waals surface area contributed by atoms with Crippen LogP contribution in [0.1, 0.15) is 43.9 Å². The molecule has 0 unspecified atom stereocenters. The molecule has 1 atom stereocenters. The number of ether oxygens (including phenoxy) is 1. The van der Waals surface area contributed by atoms with Crippen molar-refractivity contribution in [3.05, 3.63) is 35.4 Å². The first-order chi connectivity index (χ1) is 11.5. The molecule has 2 N–H and O–H groups in total. The zero-order valence-corrected chi connectivity index (χ0v) is 13.8. The van der Waals surface area contributed by atoms with Gasteiger partial charge in [-0.25, -0.2) is 10.2 Å². The van der Waals surface area contributed by atoms with Gasteiger partial charge in [-0.2, -0.15) is 5.10 Å². The first-order valence-electron chi connectivity index (χ1n) is 7.90. The number of aryl methyl sites for hydroxylation is 1. The van der Waals surface area contributed by atoms with Crippen molar-refractivity contribution in [2.45, 2.75) is 39.2 Å². The number of hydrazone groups is 1. The smallest absolute Gasteiger partial charge is 0.355 e. The lowest BCUT2D eigenvalue weighted by Crippen LogP contribution is -2.34. The van der Waals surface area contributed by atoms with Crippen molar-refractivity contribution < 1.29 is 19.1 Å². The number of hydrogen-bond acceptors (Lipinski definition) is 5. The predicted octanol–water partition coefficient (Wildman–Crippen LogP) is 1.24. The highest BCUT2D eigenvalue weighted by Crippen LogP contribution is 2.13. The molecule has 2 amide bonds. The first-order valence-corrected chi connectivity index (χ1v) is 7.90. The van der Waals surface area contributed by atoms with Crippen LogP contribution in [0.2, 0.25) is 0 Å². The number of amides is 2. The summed E-state index contributed by atoms with van der Waals surface area (Å²) < 4.78 is 4.92. The summed E-state index contributed by atoms with van der Waals surface area (Å²) in [6.07, 6.45) is 1.36. The number of esters is 1. The molecule has 0 fully saturated rings. The van der Waals surface area contributed by atoms with E-state index in [4.69, 9.17) is 4.74 Å². The topological polar surface area (TPSA) is 96.9 Å². The number of carbonyl (C=O) groups is 3. The van der Waals surface area contributed by atoms with Crippen molar-refractivity contribution in [1.29, 1.82) is 0 Å². The fourth-order valence-corrected chi connectivity index (χ4v) is 2.24. The number of nitrogens with zero attached hydrogens (tertiary/aromatic N) is 1. The molecule has 1 aromatic carbocycles. The third-order valence-electron chi connectivity index (χ3n) is 3.74. The Balaban J connectivity index is 1.79. The summed E-state index contributed by atoms with van der Waals surface area (Å²) in [5.41, 5.74) is 4.53. The summed E-state index contributed by atoms with van der Waals surface area (Å²) in [6.45, 7) is 3.56. The van der Waals surface area contributed by atoms with Gasteiger partial charge in [0.1, 0.15) is 5.71 Å². The fourth-order valence-electron chi connectivity index (χ4n) is 2.24. The molecule has 2 rings (SSSR count). The largest absolute Gasteiger partial charge is 0.451 e. The third kappa shape index (κ3) is 4.91. The Labute approximate surface area is 140 Å². The van der Waals surface area contributed by atoms with E-state index in [-0.39, 0.29) is 37.1 Å². The molecule has 128 valence electrons. The molecule has 1 heterocycles. The Morgan fingerprint density at radius 1 is 1.29 bits per heavy atom. The maximum Gasteiger partial charge on any atom is 0.355 e. The Kier molecular flexibility index (Phi) is 6.06. The van der Waals surface area contributed by atoms with Gasteiger partial charge < -0.3 is 10.1 Å². The minimum absolute atomic E-state index is 0.116. The third-order valence-corrected chi connectivity index (χ3v) is 3.74. The van der Waals surface area contributed by atoms with Crippen molar-refractivity contribution in [2.75, 3.05) is 6.61 Å². The van der Waals surface area contributed by atoms with E-state index in [9.17, 15) is 14.4 Å². The van der Waals surface area contributed by atoms with Crippen LogP contribution in [0.25, 0.3) is 0 Å². The van der Waals surface area contributed by atoms with Gasteiger partial charge in [0.2, 0.25) is 5.91 Å². The number of rotatable bonds is 6. The number of hydrogen-bond donors (Lipinski definition) is 2. The highest BCUT2D eigenvalue weighted by molar-refractivity contribution is 6.37. The van der Waals surface area contributed by atoms with Crippen LogP contribution in [-0.4, -0.2) is 30.1 Å².